The number of anilines is 1. The third-order valence-corrected chi connectivity index (χ3v) is 7.94. The molecule has 2 amide bonds. The van der Waals surface area contributed by atoms with Crippen molar-refractivity contribution in [2.75, 3.05) is 18.4 Å². The summed E-state index contributed by atoms with van der Waals surface area (Å²) in [5.41, 5.74) is -1.29. The normalized spacial score (nSPS) is 23.4. The number of carbonyl (C=O) groups excluding carboxylic acids is 2. The van der Waals surface area contributed by atoms with Crippen LogP contribution in [-0.2, 0) is 12.6 Å². The van der Waals surface area contributed by atoms with Crippen LogP contribution in [0.4, 0.5) is 27.6 Å². The summed E-state index contributed by atoms with van der Waals surface area (Å²) < 4.78 is 67.7. The van der Waals surface area contributed by atoms with E-state index in [4.69, 9.17) is 11.6 Å². The highest BCUT2D eigenvalue weighted by Crippen LogP contribution is 2.56. The van der Waals surface area contributed by atoms with E-state index in [0.717, 1.165) is 32.1 Å². The summed E-state index contributed by atoms with van der Waals surface area (Å²) in [6.07, 6.45) is -2.86. The minimum atomic E-state index is -4.86. The van der Waals surface area contributed by atoms with Crippen LogP contribution in [0.15, 0.2) is 24.4 Å². The van der Waals surface area contributed by atoms with Gasteiger partial charge >= 0.3 is 6.18 Å². The van der Waals surface area contributed by atoms with Gasteiger partial charge in [0, 0.05) is 66.9 Å². The molecule has 40 heavy (non-hydrogen) atoms. The fourth-order valence-electron chi connectivity index (χ4n) is 5.57. The maximum absolute atomic E-state index is 13.6. The number of hydrogen-bond donors (Lipinski definition) is 4. The number of hydrogen-bond acceptors (Lipinski definition) is 5. The van der Waals surface area contributed by atoms with Crippen LogP contribution in [0.5, 0.6) is 0 Å². The Hall–Kier alpha value is -3.52. The van der Waals surface area contributed by atoms with Crippen molar-refractivity contribution in [3.63, 3.8) is 0 Å². The molecule has 4 heterocycles. The highest BCUT2D eigenvalue weighted by Gasteiger charge is 2.60. The lowest BCUT2D eigenvalue weighted by Gasteiger charge is -2.35. The molecule has 3 aromatic rings. The maximum atomic E-state index is 13.6. The number of aromatic nitrogens is 4. The first-order valence-corrected chi connectivity index (χ1v) is 13.0. The number of imidazole rings is 1. The number of nitrogens with one attached hydrogen (secondary N) is 4. The van der Waals surface area contributed by atoms with Crippen molar-refractivity contribution < 1.29 is 31.5 Å². The van der Waals surface area contributed by atoms with Gasteiger partial charge in [0.25, 0.3) is 17.7 Å². The third kappa shape index (κ3) is 4.83. The van der Waals surface area contributed by atoms with Gasteiger partial charge in [-0.05, 0) is 31.0 Å². The second-order valence-electron chi connectivity index (χ2n) is 10.3. The number of nitrogens with zero attached hydrogens (tertiary/aromatic N) is 3. The molecule has 15 heteroatoms. The van der Waals surface area contributed by atoms with Crippen LogP contribution < -0.4 is 10.6 Å². The van der Waals surface area contributed by atoms with Gasteiger partial charge in [0.15, 0.2) is 11.5 Å². The van der Waals surface area contributed by atoms with Gasteiger partial charge in [-0.25, -0.2) is 13.8 Å². The summed E-state index contributed by atoms with van der Waals surface area (Å²) in [5, 5.41) is 11.4. The zero-order valence-electron chi connectivity index (χ0n) is 20.7. The molecule has 0 spiro atoms. The van der Waals surface area contributed by atoms with Crippen molar-refractivity contribution in [1.29, 1.82) is 0 Å². The quantitative estimate of drug-likeness (QED) is 0.322. The van der Waals surface area contributed by atoms with Crippen molar-refractivity contribution in [3.8, 4) is 0 Å². The Bertz CT molecular complexity index is 1470. The smallest absolute Gasteiger partial charge is 0.337 e. The number of benzene rings is 1. The highest BCUT2D eigenvalue weighted by atomic mass is 35.5. The minimum Gasteiger partial charge on any atom is -0.337 e. The Balaban J connectivity index is 1.15. The SMILES string of the molecule is O=C(Nc1ccc(C(=O)N2C3CCC2CNC3)c(Cl)c1)c1ncc(Cc2c(C(F)(F)F)n[nH]c2[C@@H]2CC2(F)F)[nH]1. The van der Waals surface area contributed by atoms with Gasteiger partial charge in [-0.3, -0.25) is 14.7 Å². The molecule has 3 fully saturated rings. The molecule has 3 atom stereocenters. The average molecular weight is 584 g/mol. The van der Waals surface area contributed by atoms with Crippen LogP contribution in [0.1, 0.15) is 68.8 Å². The Labute approximate surface area is 228 Å². The summed E-state index contributed by atoms with van der Waals surface area (Å²) in [7, 11) is 0. The summed E-state index contributed by atoms with van der Waals surface area (Å²) in [4.78, 5) is 34.4. The minimum absolute atomic E-state index is 0.104. The van der Waals surface area contributed by atoms with Gasteiger partial charge in [-0.15, -0.1) is 0 Å². The van der Waals surface area contributed by atoms with E-state index in [1.807, 2.05) is 4.90 Å². The number of H-pyrrole nitrogens is 2. The van der Waals surface area contributed by atoms with Crippen LogP contribution in [-0.4, -0.2) is 68.0 Å². The summed E-state index contributed by atoms with van der Waals surface area (Å²) in [5.74, 6) is -5.57. The lowest BCUT2D eigenvalue weighted by molar-refractivity contribution is -0.141. The summed E-state index contributed by atoms with van der Waals surface area (Å²) in [6, 6.07) is 4.71. The molecule has 2 bridgehead atoms. The van der Waals surface area contributed by atoms with Crippen LogP contribution in [0.2, 0.25) is 5.02 Å². The van der Waals surface area contributed by atoms with Crippen LogP contribution >= 0.6 is 11.6 Å². The Morgan fingerprint density at radius 1 is 1.18 bits per heavy atom. The molecule has 1 aliphatic carbocycles. The van der Waals surface area contributed by atoms with Gasteiger partial charge < -0.3 is 20.5 Å². The second-order valence-corrected chi connectivity index (χ2v) is 10.7. The predicted molar refractivity (Wildman–Crippen MR) is 133 cm³/mol. The standard InChI is InChI=1S/C25H23ClF5N7O2/c26-18-6-11(1-4-15(18)23(40)38-13-2-3-14(38)10-32-9-13)35-22(39)21-33-8-12(34-21)5-16-19(17-7-24(17,27)28)36-37-20(16)25(29,30)31/h1,4,6,8,13-14,17,32H,2-3,5,7,9-10H2,(H,33,34)(H,35,39)(H,36,37)/t13?,14?,17-/m0/s1. The van der Waals surface area contributed by atoms with Gasteiger partial charge in [0.05, 0.1) is 16.5 Å². The van der Waals surface area contributed by atoms with E-state index in [1.54, 1.807) is 0 Å². The topological polar surface area (TPSA) is 119 Å². The second kappa shape index (κ2) is 9.54. The number of rotatable bonds is 6. The third-order valence-electron chi connectivity index (χ3n) is 7.62. The van der Waals surface area contributed by atoms with Crippen LogP contribution in [0.25, 0.3) is 0 Å². The molecule has 2 aromatic heterocycles. The van der Waals surface area contributed by atoms with Gasteiger partial charge in [-0.1, -0.05) is 11.6 Å². The molecule has 6 rings (SSSR count). The van der Waals surface area contributed by atoms with E-state index in [2.05, 4.69) is 30.8 Å². The van der Waals surface area contributed by atoms with Crippen LogP contribution in [0.3, 0.4) is 0 Å². The molecular formula is C25H23ClF5N7O2. The van der Waals surface area contributed by atoms with Crippen molar-refractivity contribution in [1.82, 2.24) is 30.4 Å². The number of fused-ring (bicyclic) bond motifs is 2. The number of carbonyl (C=O) groups is 2. The lowest BCUT2D eigenvalue weighted by atomic mass is 10.0. The number of halogens is 6. The molecule has 212 valence electrons. The van der Waals surface area contributed by atoms with E-state index in [-0.39, 0.29) is 45.9 Å². The van der Waals surface area contributed by atoms with Gasteiger partial charge in [0.2, 0.25) is 0 Å². The zero-order chi connectivity index (χ0) is 28.4. The van der Waals surface area contributed by atoms with Crippen molar-refractivity contribution >= 4 is 29.1 Å². The first-order chi connectivity index (χ1) is 18.9. The number of amides is 2. The highest BCUT2D eigenvalue weighted by molar-refractivity contribution is 6.34. The first-order valence-electron chi connectivity index (χ1n) is 12.6. The fraction of sp³-hybridized carbons (Fsp3) is 0.440. The van der Waals surface area contributed by atoms with Crippen molar-refractivity contribution in [2.45, 2.75) is 55.8 Å². The monoisotopic (exact) mass is 583 g/mol. The lowest BCUT2D eigenvalue weighted by Crippen LogP contribution is -2.54. The molecule has 1 aromatic carbocycles. The molecule has 4 N–H and O–H groups in total. The number of aromatic amines is 2. The Morgan fingerprint density at radius 2 is 1.88 bits per heavy atom. The zero-order valence-corrected chi connectivity index (χ0v) is 21.5. The first kappa shape index (κ1) is 26.7. The van der Waals surface area contributed by atoms with E-state index >= 15 is 0 Å². The summed E-state index contributed by atoms with van der Waals surface area (Å²) in [6.45, 7) is 1.46. The molecule has 2 unspecified atom stereocenters. The Kier molecular flexibility index (Phi) is 6.37. The maximum Gasteiger partial charge on any atom is 0.435 e. The van der Waals surface area contributed by atoms with Crippen LogP contribution in [0, 0.1) is 0 Å². The van der Waals surface area contributed by atoms with Crippen molar-refractivity contribution in [3.05, 3.63) is 63.5 Å². The van der Waals surface area contributed by atoms with Gasteiger partial charge in [-0.2, -0.15) is 18.3 Å². The number of alkyl halides is 5. The van der Waals surface area contributed by atoms with E-state index in [1.165, 1.54) is 18.2 Å². The molecular weight excluding hydrogens is 561 g/mol. The molecule has 1 saturated carbocycles. The predicted octanol–water partition coefficient (Wildman–Crippen LogP) is 4.35. The van der Waals surface area contributed by atoms with E-state index in [9.17, 15) is 31.5 Å². The Morgan fingerprint density at radius 3 is 2.50 bits per heavy atom. The fourth-order valence-corrected chi connectivity index (χ4v) is 5.83. The summed E-state index contributed by atoms with van der Waals surface area (Å²) >= 11 is 6.40. The largest absolute Gasteiger partial charge is 0.435 e. The van der Waals surface area contributed by atoms with Gasteiger partial charge in [0.1, 0.15) is 0 Å². The number of piperazine rings is 1. The molecule has 9 nitrogen and oxygen atoms in total. The molecule has 2 saturated heterocycles. The molecule has 0 radical (unpaired) electrons. The molecule has 2 aliphatic heterocycles. The average Bonchev–Trinajstić information content (AvgIpc) is 3.25. The van der Waals surface area contributed by atoms with E-state index < -0.39 is 48.0 Å². The molecule has 3 aliphatic rings. The van der Waals surface area contributed by atoms with E-state index in [0.29, 0.717) is 5.56 Å². The van der Waals surface area contributed by atoms with Crippen molar-refractivity contribution in [2.24, 2.45) is 0 Å².